The van der Waals surface area contributed by atoms with E-state index >= 15 is 0 Å². The first kappa shape index (κ1) is 8.76. The lowest BCUT2D eigenvalue weighted by Gasteiger charge is -1.84. The van der Waals surface area contributed by atoms with Crippen LogP contribution >= 0.6 is 11.3 Å². The summed E-state index contributed by atoms with van der Waals surface area (Å²) < 4.78 is 5.09. The second-order valence-electron chi connectivity index (χ2n) is 2.61. The number of rotatable bonds is 2. The maximum atomic E-state index is 10.8. The molecule has 2 aromatic heterocycles. The van der Waals surface area contributed by atoms with Crippen LogP contribution in [0.15, 0.2) is 21.2 Å². The summed E-state index contributed by atoms with van der Waals surface area (Å²) in [5.41, 5.74) is 11.2. The average molecular weight is 209 g/mol. The van der Waals surface area contributed by atoms with Crippen molar-refractivity contribution in [3.05, 3.63) is 22.5 Å². The molecule has 0 saturated heterocycles. The minimum atomic E-state index is -0.687. The van der Waals surface area contributed by atoms with Crippen LogP contribution < -0.4 is 11.5 Å². The molecule has 0 fully saturated rings. The molecular formula is C8H7N3O2S. The van der Waals surface area contributed by atoms with Crippen molar-refractivity contribution < 1.29 is 9.21 Å². The molecular weight excluding hydrogens is 202 g/mol. The predicted molar refractivity (Wildman–Crippen MR) is 52.7 cm³/mol. The lowest BCUT2D eigenvalue weighted by atomic mass is 10.3. The van der Waals surface area contributed by atoms with Gasteiger partial charge < -0.3 is 15.9 Å². The molecule has 2 heterocycles. The van der Waals surface area contributed by atoms with E-state index < -0.39 is 5.91 Å². The summed E-state index contributed by atoms with van der Waals surface area (Å²) in [5.74, 6) is -0.413. The van der Waals surface area contributed by atoms with Crippen molar-refractivity contribution in [1.82, 2.24) is 4.98 Å². The van der Waals surface area contributed by atoms with Gasteiger partial charge in [-0.05, 0) is 11.4 Å². The lowest BCUT2D eigenvalue weighted by Crippen LogP contribution is -2.13. The van der Waals surface area contributed by atoms with E-state index in [9.17, 15) is 4.79 Å². The molecule has 0 aliphatic carbocycles. The number of nitrogens with two attached hydrogens (primary N) is 2. The number of carbonyl (C=O) groups excluding carboxylic acids is 1. The second-order valence-corrected chi connectivity index (χ2v) is 3.39. The van der Waals surface area contributed by atoms with Crippen LogP contribution in [0.3, 0.4) is 0 Å². The van der Waals surface area contributed by atoms with Crippen LogP contribution in [0.5, 0.6) is 0 Å². The molecule has 14 heavy (non-hydrogen) atoms. The number of aromatic nitrogens is 1. The SMILES string of the molecule is NC(=O)c1nc(-c2ccsc2)oc1N. The molecule has 72 valence electrons. The van der Waals surface area contributed by atoms with E-state index in [1.165, 1.54) is 11.3 Å². The third-order valence-corrected chi connectivity index (χ3v) is 2.34. The van der Waals surface area contributed by atoms with E-state index in [-0.39, 0.29) is 11.6 Å². The van der Waals surface area contributed by atoms with E-state index in [1.807, 2.05) is 16.8 Å². The largest absolute Gasteiger partial charge is 0.420 e. The number of thiophene rings is 1. The van der Waals surface area contributed by atoms with E-state index in [2.05, 4.69) is 4.98 Å². The maximum absolute atomic E-state index is 10.8. The van der Waals surface area contributed by atoms with Gasteiger partial charge in [0.05, 0.1) is 0 Å². The minimum absolute atomic E-state index is 0.0220. The standard InChI is InChI=1S/C8H7N3O2S/c9-6(12)5-7(10)13-8(11-5)4-1-2-14-3-4/h1-3H,10H2,(H2,9,12). The Morgan fingerprint density at radius 3 is 2.86 bits per heavy atom. The van der Waals surface area contributed by atoms with Crippen LogP contribution in [0.25, 0.3) is 11.5 Å². The molecule has 0 aromatic carbocycles. The fourth-order valence-corrected chi connectivity index (χ4v) is 1.65. The van der Waals surface area contributed by atoms with Crippen LogP contribution in [0, 0.1) is 0 Å². The Kier molecular flexibility index (Phi) is 1.97. The lowest BCUT2D eigenvalue weighted by molar-refractivity contribution is 0.0996. The van der Waals surface area contributed by atoms with Crippen molar-refractivity contribution >= 4 is 23.1 Å². The fourth-order valence-electron chi connectivity index (χ4n) is 1.02. The Hall–Kier alpha value is -1.82. The molecule has 0 unspecified atom stereocenters. The van der Waals surface area contributed by atoms with Crippen molar-refractivity contribution in [3.8, 4) is 11.5 Å². The number of anilines is 1. The normalized spacial score (nSPS) is 10.3. The number of oxazole rings is 1. The minimum Gasteiger partial charge on any atom is -0.420 e. The van der Waals surface area contributed by atoms with Gasteiger partial charge in [-0.2, -0.15) is 11.3 Å². The smallest absolute Gasteiger partial charge is 0.273 e. The molecule has 2 aromatic rings. The van der Waals surface area contributed by atoms with Crippen LogP contribution in [-0.2, 0) is 0 Å². The number of hydrogen-bond donors (Lipinski definition) is 2. The van der Waals surface area contributed by atoms with Crippen molar-refractivity contribution in [2.24, 2.45) is 5.73 Å². The first-order chi connectivity index (χ1) is 6.68. The average Bonchev–Trinajstić information content (AvgIpc) is 2.70. The molecule has 2 rings (SSSR count). The van der Waals surface area contributed by atoms with Gasteiger partial charge in [0.25, 0.3) is 5.91 Å². The van der Waals surface area contributed by atoms with Gasteiger partial charge in [0, 0.05) is 10.9 Å². The number of carbonyl (C=O) groups is 1. The summed E-state index contributed by atoms with van der Waals surface area (Å²) in [7, 11) is 0. The molecule has 0 spiro atoms. The topological polar surface area (TPSA) is 95.1 Å². The zero-order valence-electron chi connectivity index (χ0n) is 7.06. The summed E-state index contributed by atoms with van der Waals surface area (Å²) in [6.07, 6.45) is 0. The number of amides is 1. The van der Waals surface area contributed by atoms with Crippen LogP contribution in [0.4, 0.5) is 5.88 Å². The summed E-state index contributed by atoms with van der Waals surface area (Å²) in [6.45, 7) is 0. The number of nitrogen functional groups attached to an aromatic ring is 1. The fraction of sp³-hybridized carbons (Fsp3) is 0. The molecule has 5 nitrogen and oxygen atoms in total. The Morgan fingerprint density at radius 1 is 1.57 bits per heavy atom. The third-order valence-electron chi connectivity index (χ3n) is 1.65. The van der Waals surface area contributed by atoms with Gasteiger partial charge in [-0.25, -0.2) is 4.98 Å². The molecule has 0 aliphatic heterocycles. The van der Waals surface area contributed by atoms with E-state index in [0.717, 1.165) is 5.56 Å². The number of nitrogens with zero attached hydrogens (tertiary/aromatic N) is 1. The Bertz CT molecular complexity index is 461. The molecule has 0 aliphatic rings. The third kappa shape index (κ3) is 1.35. The van der Waals surface area contributed by atoms with Gasteiger partial charge in [-0.15, -0.1) is 0 Å². The predicted octanol–water partition coefficient (Wildman–Crippen LogP) is 1.08. The Morgan fingerprint density at radius 2 is 2.36 bits per heavy atom. The van der Waals surface area contributed by atoms with Crippen LogP contribution in [-0.4, -0.2) is 10.9 Å². The molecule has 0 saturated carbocycles. The van der Waals surface area contributed by atoms with E-state index in [0.29, 0.717) is 5.89 Å². The first-order valence-electron chi connectivity index (χ1n) is 3.77. The maximum Gasteiger partial charge on any atom is 0.273 e. The van der Waals surface area contributed by atoms with Crippen molar-refractivity contribution in [2.75, 3.05) is 5.73 Å². The summed E-state index contributed by atoms with van der Waals surface area (Å²) in [5, 5.41) is 3.72. The summed E-state index contributed by atoms with van der Waals surface area (Å²) >= 11 is 1.50. The monoisotopic (exact) mass is 209 g/mol. The van der Waals surface area contributed by atoms with Gasteiger partial charge in [-0.1, -0.05) is 0 Å². The summed E-state index contributed by atoms with van der Waals surface area (Å²) in [6, 6.07) is 1.82. The van der Waals surface area contributed by atoms with Gasteiger partial charge >= 0.3 is 0 Å². The van der Waals surface area contributed by atoms with Crippen molar-refractivity contribution in [1.29, 1.82) is 0 Å². The molecule has 0 radical (unpaired) electrons. The summed E-state index contributed by atoms with van der Waals surface area (Å²) in [4.78, 5) is 14.7. The zero-order valence-corrected chi connectivity index (χ0v) is 7.88. The molecule has 4 N–H and O–H groups in total. The molecule has 0 bridgehead atoms. The van der Waals surface area contributed by atoms with Gasteiger partial charge in [-0.3, -0.25) is 4.79 Å². The van der Waals surface area contributed by atoms with Crippen LogP contribution in [0.2, 0.25) is 0 Å². The number of hydrogen-bond acceptors (Lipinski definition) is 5. The molecule has 1 amide bonds. The van der Waals surface area contributed by atoms with Crippen molar-refractivity contribution in [3.63, 3.8) is 0 Å². The van der Waals surface area contributed by atoms with Gasteiger partial charge in [0.1, 0.15) is 0 Å². The second kappa shape index (κ2) is 3.15. The number of primary amides is 1. The highest BCUT2D eigenvalue weighted by Crippen LogP contribution is 2.24. The van der Waals surface area contributed by atoms with Gasteiger partial charge in [0.2, 0.25) is 11.8 Å². The highest BCUT2D eigenvalue weighted by Gasteiger charge is 2.16. The molecule has 6 heteroatoms. The van der Waals surface area contributed by atoms with E-state index in [1.54, 1.807) is 0 Å². The van der Waals surface area contributed by atoms with Crippen molar-refractivity contribution in [2.45, 2.75) is 0 Å². The highest BCUT2D eigenvalue weighted by atomic mass is 32.1. The van der Waals surface area contributed by atoms with E-state index in [4.69, 9.17) is 15.9 Å². The zero-order chi connectivity index (χ0) is 10.1. The quantitative estimate of drug-likeness (QED) is 0.773. The van der Waals surface area contributed by atoms with Crippen LogP contribution in [0.1, 0.15) is 10.5 Å². The highest BCUT2D eigenvalue weighted by molar-refractivity contribution is 7.08. The Labute approximate surface area is 83.3 Å². The molecule has 0 atom stereocenters. The first-order valence-corrected chi connectivity index (χ1v) is 4.71. The van der Waals surface area contributed by atoms with Gasteiger partial charge in [0.15, 0.2) is 5.69 Å². The Balaban J connectivity index is 2.48.